The molecule has 1 saturated heterocycles. The Morgan fingerprint density at radius 3 is 2.42 bits per heavy atom. The molecule has 270 valence electrons. The van der Waals surface area contributed by atoms with E-state index in [9.17, 15) is 54.6 Å². The smallest absolute Gasteiger partial charge is 0.375 e. The number of thioether (sulfide) groups is 2. The van der Waals surface area contributed by atoms with Crippen LogP contribution in [-0.2, 0) is 24.0 Å². The van der Waals surface area contributed by atoms with Crippen LogP contribution in [0.25, 0.3) is 5.78 Å². The highest BCUT2D eigenvalue weighted by Gasteiger charge is 2.54. The maximum absolute atomic E-state index is 13.5. The molecule has 0 aliphatic carbocycles. The molecular weight excluding hydrogens is 751 g/mol. The van der Waals surface area contributed by atoms with Crippen LogP contribution in [-0.4, -0.2) is 118 Å². The van der Waals surface area contributed by atoms with Gasteiger partial charge in [0.15, 0.2) is 28.1 Å². The lowest BCUT2D eigenvalue weighted by Gasteiger charge is -2.49. The number of phenols is 3. The summed E-state index contributed by atoms with van der Waals surface area (Å²) in [6, 6.07) is 1.97. The minimum atomic E-state index is -2.01. The highest BCUT2D eigenvalue weighted by atomic mass is 32.2. The summed E-state index contributed by atoms with van der Waals surface area (Å²) < 4.78 is 1.22. The second kappa shape index (κ2) is 13.9. The molecule has 6 rings (SSSR count). The summed E-state index contributed by atoms with van der Waals surface area (Å²) in [6.07, 6.45) is -2.01. The van der Waals surface area contributed by atoms with Crippen molar-refractivity contribution < 1.29 is 59.4 Å². The molecule has 3 atom stereocenters. The third-order valence-corrected chi connectivity index (χ3v) is 10.5. The number of carbonyl (C=O) groups excluding carboxylic acids is 2. The third-order valence-electron chi connectivity index (χ3n) is 7.38. The molecule has 0 spiro atoms. The fourth-order valence-corrected chi connectivity index (χ4v) is 8.13. The third kappa shape index (κ3) is 6.68. The molecule has 0 saturated carbocycles. The van der Waals surface area contributed by atoms with Gasteiger partial charge in [0.25, 0.3) is 23.4 Å². The monoisotopic (exact) mass is 773 g/mol. The number of aryl methyl sites for hydroxylation is 1. The molecule has 5 heterocycles. The number of carboxylic acids is 3. The number of fused-ring (bicyclic) bond motifs is 2. The van der Waals surface area contributed by atoms with Crippen molar-refractivity contribution in [2.45, 2.75) is 29.5 Å². The normalized spacial score (nSPS) is 17.8. The Hall–Kier alpha value is -6.14. The number of benzene rings is 1. The second-order valence-electron chi connectivity index (χ2n) is 10.8. The molecule has 2 aliphatic rings. The molecule has 9 N–H and O–H groups in total. The molecule has 52 heavy (non-hydrogen) atoms. The number of aromatic hydroxyl groups is 3. The summed E-state index contributed by atoms with van der Waals surface area (Å²) in [4.78, 5) is 81.0. The first-order valence-electron chi connectivity index (χ1n) is 14.4. The van der Waals surface area contributed by atoms with Crippen LogP contribution >= 0.6 is 34.9 Å². The fourth-order valence-electron chi connectivity index (χ4n) is 5.04. The van der Waals surface area contributed by atoms with E-state index < -0.39 is 76.0 Å². The molecule has 1 fully saturated rings. The number of nitrogens with one attached hydrogen (secondary N) is 1. The number of nitrogens with zero attached hydrogens (tertiary/aromatic N) is 7. The van der Waals surface area contributed by atoms with Gasteiger partial charge >= 0.3 is 17.9 Å². The average Bonchev–Trinajstić information content (AvgIpc) is 3.72. The molecule has 1 unspecified atom stereocenters. The van der Waals surface area contributed by atoms with Crippen LogP contribution in [0.4, 0.5) is 5.13 Å². The van der Waals surface area contributed by atoms with Gasteiger partial charge in [0, 0.05) is 28.1 Å². The topological polar surface area (TPSA) is 326 Å². The highest BCUT2D eigenvalue weighted by Crippen LogP contribution is 2.42. The zero-order valence-electron chi connectivity index (χ0n) is 26.0. The minimum Gasteiger partial charge on any atom is -0.504 e. The average molecular weight is 774 g/mol. The predicted octanol–water partition coefficient (Wildman–Crippen LogP) is 0.364. The lowest BCUT2D eigenvalue weighted by molar-refractivity contribution is -0.151. The van der Waals surface area contributed by atoms with Crippen LogP contribution in [0, 0.1) is 6.92 Å². The van der Waals surface area contributed by atoms with Gasteiger partial charge in [-0.15, -0.1) is 40.0 Å². The number of nitrogens with two attached hydrogens (primary N) is 1. The van der Waals surface area contributed by atoms with E-state index in [0.29, 0.717) is 16.3 Å². The molecule has 2 amide bonds. The quantitative estimate of drug-likeness (QED) is 0.0241. The van der Waals surface area contributed by atoms with Crippen LogP contribution in [0.2, 0.25) is 0 Å². The van der Waals surface area contributed by atoms with Gasteiger partial charge in [-0.1, -0.05) is 5.16 Å². The Kier molecular flexibility index (Phi) is 9.52. The lowest BCUT2D eigenvalue weighted by Crippen LogP contribution is -2.71. The summed E-state index contributed by atoms with van der Waals surface area (Å²) in [5.41, 5.74) is 5.16. The van der Waals surface area contributed by atoms with Crippen LogP contribution in [0.1, 0.15) is 33.7 Å². The zero-order chi connectivity index (χ0) is 37.6. The van der Waals surface area contributed by atoms with Crippen LogP contribution in [0.5, 0.6) is 17.2 Å². The lowest BCUT2D eigenvalue weighted by atomic mass is 10.0. The van der Waals surface area contributed by atoms with Crippen molar-refractivity contribution in [2.24, 2.45) is 5.16 Å². The van der Waals surface area contributed by atoms with Gasteiger partial charge < -0.3 is 46.5 Å². The van der Waals surface area contributed by atoms with Gasteiger partial charge in [-0.05, 0) is 30.7 Å². The number of oxime groups is 1. The van der Waals surface area contributed by atoms with Crippen LogP contribution in [0.15, 0.2) is 45.0 Å². The van der Waals surface area contributed by atoms with E-state index >= 15 is 0 Å². The predicted molar refractivity (Wildman–Crippen MR) is 179 cm³/mol. The standard InChI is InChI=1S/C28H23N9O12S3/c1-8-2-14(37-28(30-8)33-20(34-37)26(47)48)50-5-10-6-51-23-16(22(42)36(23)17(10)24(43)44)32-21(41)15(11-7-52-27(29)31-11)35-49-19(25(45)46)9-3-12(38)18(40)13(39)4-9/h2-4,7,16,19,23,38-40H,5-6H2,1H3,(H2,29,31)(H,32,41)(H,43,44)(H,45,46)(H,47,48)/t16-,19?,23-/m1/s1. The number of nitrogen functional groups attached to an aromatic ring is 1. The van der Waals surface area contributed by atoms with Crippen molar-refractivity contribution >= 4 is 81.2 Å². The fraction of sp³-hybridized carbons (Fsp3) is 0.214. The van der Waals surface area contributed by atoms with Crippen molar-refractivity contribution in [2.75, 3.05) is 17.2 Å². The Balaban J connectivity index is 1.22. The number of hydrogen-bond donors (Lipinski definition) is 8. The minimum absolute atomic E-state index is 0.00263. The van der Waals surface area contributed by atoms with E-state index in [-0.39, 0.29) is 39.4 Å². The number of hydrogen-bond acceptors (Lipinski definition) is 18. The number of phenolic OH excluding ortho intramolecular Hbond substituents is 3. The van der Waals surface area contributed by atoms with E-state index in [2.05, 4.69) is 30.5 Å². The van der Waals surface area contributed by atoms with Gasteiger partial charge in [0.2, 0.25) is 6.10 Å². The van der Waals surface area contributed by atoms with Crippen molar-refractivity contribution in [1.29, 1.82) is 0 Å². The molecule has 21 nitrogen and oxygen atoms in total. The molecule has 0 bridgehead atoms. The molecule has 24 heteroatoms. The maximum Gasteiger partial charge on any atom is 0.375 e. The Labute approximate surface area is 301 Å². The number of aliphatic carboxylic acids is 2. The van der Waals surface area contributed by atoms with Crippen molar-refractivity contribution in [3.63, 3.8) is 0 Å². The number of thiazole rings is 1. The molecule has 2 aliphatic heterocycles. The number of aromatic nitrogens is 5. The van der Waals surface area contributed by atoms with E-state index in [1.165, 1.54) is 9.90 Å². The van der Waals surface area contributed by atoms with Crippen molar-refractivity contribution in [3.05, 3.63) is 57.6 Å². The SMILES string of the molecule is Cc1cc(SCC2=C(C(=O)O)N3C(=O)[C@@H](NC(=O)C(=NOC(C(=O)O)c4cc(O)c(O)c(O)c4)c4csc(N)n4)[C@H]3SC2)n2nc(C(=O)O)nc2n1. The number of rotatable bonds is 12. The second-order valence-corrected chi connectivity index (χ2v) is 13.8. The molecule has 4 aromatic rings. The van der Waals surface area contributed by atoms with E-state index in [4.69, 9.17) is 10.6 Å². The number of aromatic carboxylic acids is 1. The number of β-lactam (4-membered cyclic amide) rings is 1. The van der Waals surface area contributed by atoms with Crippen molar-refractivity contribution in [1.82, 2.24) is 34.8 Å². The summed E-state index contributed by atoms with van der Waals surface area (Å²) in [5.74, 6) is -9.13. The molecule has 1 aromatic carbocycles. The Morgan fingerprint density at radius 1 is 1.10 bits per heavy atom. The summed E-state index contributed by atoms with van der Waals surface area (Å²) in [6.45, 7) is 1.67. The number of carbonyl (C=O) groups is 5. The number of amides is 2. The number of carboxylic acid groups (broad SMARTS) is 3. The van der Waals surface area contributed by atoms with Gasteiger partial charge in [-0.2, -0.15) is 9.50 Å². The van der Waals surface area contributed by atoms with Gasteiger partial charge in [0.05, 0.1) is 0 Å². The molecular formula is C28H23N9O12S3. The van der Waals surface area contributed by atoms with Gasteiger partial charge in [-0.25, -0.2) is 24.4 Å². The first-order chi connectivity index (χ1) is 24.6. The Morgan fingerprint density at radius 2 is 1.81 bits per heavy atom. The molecule has 0 radical (unpaired) electrons. The van der Waals surface area contributed by atoms with Crippen LogP contribution < -0.4 is 11.1 Å². The molecule has 3 aromatic heterocycles. The van der Waals surface area contributed by atoms with E-state index in [0.717, 1.165) is 51.9 Å². The summed E-state index contributed by atoms with van der Waals surface area (Å²) in [5, 5.41) is 69.4. The van der Waals surface area contributed by atoms with Gasteiger partial charge in [-0.3, -0.25) is 14.5 Å². The van der Waals surface area contributed by atoms with E-state index in [1.807, 2.05) is 0 Å². The highest BCUT2D eigenvalue weighted by molar-refractivity contribution is 8.01. The maximum atomic E-state index is 13.5. The Bertz CT molecular complexity index is 2230. The van der Waals surface area contributed by atoms with Gasteiger partial charge in [0.1, 0.15) is 27.8 Å². The van der Waals surface area contributed by atoms with Crippen molar-refractivity contribution in [3.8, 4) is 17.2 Å². The first-order valence-corrected chi connectivity index (χ1v) is 17.3. The first kappa shape index (κ1) is 35.7. The van der Waals surface area contributed by atoms with E-state index in [1.54, 1.807) is 13.0 Å². The summed E-state index contributed by atoms with van der Waals surface area (Å²) in [7, 11) is 0. The summed E-state index contributed by atoms with van der Waals surface area (Å²) >= 11 is 3.20. The van der Waals surface area contributed by atoms with Crippen LogP contribution in [0.3, 0.4) is 0 Å². The number of anilines is 1. The zero-order valence-corrected chi connectivity index (χ0v) is 28.5. The largest absolute Gasteiger partial charge is 0.504 e.